The second-order valence-corrected chi connectivity index (χ2v) is 4.89. The van der Waals surface area contributed by atoms with Gasteiger partial charge in [0, 0.05) is 0 Å². The predicted octanol–water partition coefficient (Wildman–Crippen LogP) is 4.50. The zero-order valence-electron chi connectivity index (χ0n) is 10.1. The quantitative estimate of drug-likeness (QED) is 0.473. The zero-order chi connectivity index (χ0) is 12.3. The Labute approximate surface area is 105 Å². The van der Waals surface area contributed by atoms with Gasteiger partial charge >= 0.3 is 0 Å². The van der Waals surface area contributed by atoms with E-state index in [2.05, 4.69) is 37.3 Å². The third-order valence-corrected chi connectivity index (χ3v) is 3.84. The van der Waals surface area contributed by atoms with Crippen LogP contribution in [0.1, 0.15) is 5.56 Å². The summed E-state index contributed by atoms with van der Waals surface area (Å²) >= 11 is 0. The summed E-state index contributed by atoms with van der Waals surface area (Å²) in [5.74, 6) is 0.329. The van der Waals surface area contributed by atoms with Crippen LogP contribution >= 0.6 is 0 Å². The van der Waals surface area contributed by atoms with Crippen LogP contribution in [0.15, 0.2) is 48.5 Å². The summed E-state index contributed by atoms with van der Waals surface area (Å²) in [5.41, 5.74) is 6.17. The zero-order valence-corrected chi connectivity index (χ0v) is 10.1. The summed E-state index contributed by atoms with van der Waals surface area (Å²) in [4.78, 5) is 0. The fourth-order valence-corrected chi connectivity index (χ4v) is 2.99. The molecule has 86 valence electrons. The lowest BCUT2D eigenvalue weighted by Crippen LogP contribution is -1.79. The lowest BCUT2D eigenvalue weighted by Gasteiger charge is -2.04. The molecule has 0 amide bonds. The van der Waals surface area contributed by atoms with Gasteiger partial charge in [0.2, 0.25) is 0 Å². The van der Waals surface area contributed by atoms with Crippen LogP contribution in [0.5, 0.6) is 5.75 Å². The third-order valence-electron chi connectivity index (χ3n) is 3.84. The number of rotatable bonds is 0. The lowest BCUT2D eigenvalue weighted by molar-refractivity contribution is 0.475. The Bertz CT molecular complexity index is 800. The van der Waals surface area contributed by atoms with E-state index in [0.717, 1.165) is 5.56 Å². The summed E-state index contributed by atoms with van der Waals surface area (Å²) in [6.07, 6.45) is 0. The Morgan fingerprint density at radius 1 is 0.778 bits per heavy atom. The van der Waals surface area contributed by atoms with Gasteiger partial charge in [0.25, 0.3) is 0 Å². The van der Waals surface area contributed by atoms with Crippen LogP contribution in [0.3, 0.4) is 0 Å². The number of phenolic OH excluding ortho intramolecular Hbond substituents is 1. The van der Waals surface area contributed by atoms with Crippen molar-refractivity contribution < 1.29 is 5.11 Å². The third kappa shape index (κ3) is 1.06. The molecule has 0 atom stereocenters. The molecular formula is C17H12O. The monoisotopic (exact) mass is 232 g/mol. The Morgan fingerprint density at radius 3 is 2.44 bits per heavy atom. The average molecular weight is 232 g/mol. The van der Waals surface area contributed by atoms with Gasteiger partial charge in [-0.15, -0.1) is 0 Å². The van der Waals surface area contributed by atoms with Crippen molar-refractivity contribution in [2.75, 3.05) is 0 Å². The standard InChI is InChI=1S/C17H12O/c1-10-5-7-15-13-8-6-11(18)9-16(13)14-4-2-3-12(10)17(14)15/h2-9,18H,1H3. The molecule has 0 spiro atoms. The lowest BCUT2D eigenvalue weighted by atomic mass is 9.99. The molecule has 1 aliphatic rings. The SMILES string of the molecule is Cc1ccc2c3c(cccc13)-c1cc(O)ccc1-2. The van der Waals surface area contributed by atoms with Gasteiger partial charge in [0.1, 0.15) is 5.75 Å². The molecule has 0 fully saturated rings. The molecule has 18 heavy (non-hydrogen) atoms. The fourth-order valence-electron chi connectivity index (χ4n) is 2.99. The normalized spacial score (nSPS) is 11.8. The maximum Gasteiger partial charge on any atom is 0.116 e. The highest BCUT2D eigenvalue weighted by Crippen LogP contribution is 2.48. The van der Waals surface area contributed by atoms with Crippen LogP contribution in [-0.4, -0.2) is 5.11 Å². The van der Waals surface area contributed by atoms with E-state index in [1.807, 2.05) is 12.1 Å². The van der Waals surface area contributed by atoms with Crippen molar-refractivity contribution in [3.05, 3.63) is 54.1 Å². The van der Waals surface area contributed by atoms with Crippen molar-refractivity contribution >= 4 is 10.8 Å². The number of benzene rings is 3. The molecule has 0 bridgehead atoms. The Hall–Kier alpha value is -2.28. The molecule has 0 saturated heterocycles. The van der Waals surface area contributed by atoms with Gasteiger partial charge < -0.3 is 5.11 Å². The van der Waals surface area contributed by atoms with Crippen LogP contribution in [0.4, 0.5) is 0 Å². The van der Waals surface area contributed by atoms with Gasteiger partial charge in [0.05, 0.1) is 0 Å². The van der Waals surface area contributed by atoms with Gasteiger partial charge in [-0.2, -0.15) is 0 Å². The van der Waals surface area contributed by atoms with Gasteiger partial charge in [-0.3, -0.25) is 0 Å². The van der Waals surface area contributed by atoms with E-state index >= 15 is 0 Å². The van der Waals surface area contributed by atoms with Gasteiger partial charge in [-0.1, -0.05) is 36.4 Å². The number of phenols is 1. The predicted molar refractivity (Wildman–Crippen MR) is 74.8 cm³/mol. The first-order chi connectivity index (χ1) is 8.75. The molecule has 1 aliphatic carbocycles. The van der Waals surface area contributed by atoms with Crippen molar-refractivity contribution in [3.63, 3.8) is 0 Å². The molecule has 0 aliphatic heterocycles. The molecule has 1 heteroatoms. The van der Waals surface area contributed by atoms with E-state index < -0.39 is 0 Å². The van der Waals surface area contributed by atoms with Crippen LogP contribution < -0.4 is 0 Å². The second kappa shape index (κ2) is 3.14. The number of fused-ring (bicyclic) bond motifs is 3. The highest BCUT2D eigenvalue weighted by Gasteiger charge is 2.21. The van der Waals surface area contributed by atoms with Crippen molar-refractivity contribution in [1.29, 1.82) is 0 Å². The van der Waals surface area contributed by atoms with Crippen LogP contribution in [0.2, 0.25) is 0 Å². The minimum Gasteiger partial charge on any atom is -0.508 e. The van der Waals surface area contributed by atoms with E-state index in [0.29, 0.717) is 5.75 Å². The molecule has 0 unspecified atom stereocenters. The van der Waals surface area contributed by atoms with Crippen molar-refractivity contribution in [1.82, 2.24) is 0 Å². The largest absolute Gasteiger partial charge is 0.508 e. The van der Waals surface area contributed by atoms with Crippen molar-refractivity contribution in [3.8, 4) is 28.0 Å². The molecular weight excluding hydrogens is 220 g/mol. The number of aryl methyl sites for hydroxylation is 1. The Kier molecular flexibility index (Phi) is 1.69. The Morgan fingerprint density at radius 2 is 1.56 bits per heavy atom. The average Bonchev–Trinajstić information content (AvgIpc) is 2.69. The first-order valence-electron chi connectivity index (χ1n) is 6.12. The highest BCUT2D eigenvalue weighted by molar-refractivity contribution is 6.16. The molecule has 0 radical (unpaired) electrons. The van der Waals surface area contributed by atoms with E-state index in [1.165, 1.54) is 33.0 Å². The topological polar surface area (TPSA) is 20.2 Å². The summed E-state index contributed by atoms with van der Waals surface area (Å²) in [7, 11) is 0. The number of hydrogen-bond acceptors (Lipinski definition) is 1. The molecule has 4 rings (SSSR count). The van der Waals surface area contributed by atoms with Crippen molar-refractivity contribution in [2.45, 2.75) is 6.92 Å². The summed E-state index contributed by atoms with van der Waals surface area (Å²) in [5, 5.41) is 12.3. The molecule has 0 saturated carbocycles. The maximum atomic E-state index is 9.69. The molecule has 3 aromatic rings. The van der Waals surface area contributed by atoms with Crippen LogP contribution in [-0.2, 0) is 0 Å². The van der Waals surface area contributed by atoms with E-state index in [1.54, 1.807) is 6.07 Å². The summed E-state index contributed by atoms with van der Waals surface area (Å²) in [6, 6.07) is 16.4. The number of hydrogen-bond donors (Lipinski definition) is 1. The van der Waals surface area contributed by atoms with E-state index in [9.17, 15) is 5.11 Å². The maximum absolute atomic E-state index is 9.69. The Balaban J connectivity index is 2.26. The summed E-state index contributed by atoms with van der Waals surface area (Å²) < 4.78 is 0. The molecule has 1 nitrogen and oxygen atoms in total. The van der Waals surface area contributed by atoms with E-state index in [4.69, 9.17) is 0 Å². The van der Waals surface area contributed by atoms with Crippen LogP contribution in [0.25, 0.3) is 33.0 Å². The first kappa shape index (κ1) is 9.72. The van der Waals surface area contributed by atoms with Crippen LogP contribution in [0, 0.1) is 6.92 Å². The van der Waals surface area contributed by atoms with E-state index in [-0.39, 0.29) is 0 Å². The molecule has 0 heterocycles. The minimum absolute atomic E-state index is 0.329. The first-order valence-corrected chi connectivity index (χ1v) is 6.12. The fraction of sp³-hybridized carbons (Fsp3) is 0.0588. The van der Waals surface area contributed by atoms with Gasteiger partial charge in [0.15, 0.2) is 0 Å². The smallest absolute Gasteiger partial charge is 0.116 e. The van der Waals surface area contributed by atoms with Crippen molar-refractivity contribution in [2.24, 2.45) is 0 Å². The summed E-state index contributed by atoms with van der Waals surface area (Å²) in [6.45, 7) is 2.14. The molecule has 0 aromatic heterocycles. The molecule has 1 N–H and O–H groups in total. The molecule has 3 aromatic carbocycles. The second-order valence-electron chi connectivity index (χ2n) is 4.89. The van der Waals surface area contributed by atoms with Gasteiger partial charge in [-0.25, -0.2) is 0 Å². The number of aromatic hydroxyl groups is 1. The van der Waals surface area contributed by atoms with Gasteiger partial charge in [-0.05, 0) is 57.6 Å². The highest BCUT2D eigenvalue weighted by atomic mass is 16.3. The minimum atomic E-state index is 0.329.